The largest absolute Gasteiger partial charge is 0.452 e. The quantitative estimate of drug-likeness (QED) is 0.465. The number of unbranched alkanes of at least 4 members (excludes halogenated alkanes) is 1. The van der Waals surface area contributed by atoms with Gasteiger partial charge >= 0.3 is 5.97 Å². The second-order valence-electron chi connectivity index (χ2n) is 4.92. The number of ether oxygens (including phenoxy) is 1. The minimum Gasteiger partial charge on any atom is -0.452 e. The number of carbonyl (C=O) groups excluding carboxylic acids is 2. The zero-order valence-electron chi connectivity index (χ0n) is 12.8. The molecule has 0 saturated heterocycles. The molecule has 1 aromatic heterocycles. The summed E-state index contributed by atoms with van der Waals surface area (Å²) in [6.07, 6.45) is 4.81. The van der Waals surface area contributed by atoms with E-state index in [0.717, 1.165) is 27.8 Å². The summed E-state index contributed by atoms with van der Waals surface area (Å²) in [6.45, 7) is 2.36. The summed E-state index contributed by atoms with van der Waals surface area (Å²) >= 11 is 7.78. The van der Waals surface area contributed by atoms with Crippen LogP contribution in [-0.2, 0) is 14.3 Å². The van der Waals surface area contributed by atoms with Crippen LogP contribution in [-0.4, -0.2) is 25.0 Å². The van der Waals surface area contributed by atoms with Gasteiger partial charge < -0.3 is 10.1 Å². The lowest BCUT2D eigenvalue weighted by molar-refractivity contribution is -0.143. The van der Waals surface area contributed by atoms with Gasteiger partial charge in [0.25, 0.3) is 5.91 Å². The third kappa shape index (κ3) is 5.08. The average molecular weight is 352 g/mol. The molecule has 6 heteroatoms. The number of thiophene rings is 1. The first-order valence-corrected chi connectivity index (χ1v) is 8.59. The minimum absolute atomic E-state index is 0.271. The van der Waals surface area contributed by atoms with Gasteiger partial charge in [-0.1, -0.05) is 43.1 Å². The maximum atomic E-state index is 11.6. The van der Waals surface area contributed by atoms with Crippen molar-refractivity contribution in [3.05, 3.63) is 40.2 Å². The number of benzene rings is 1. The number of rotatable bonds is 7. The van der Waals surface area contributed by atoms with Crippen LogP contribution in [0, 0.1) is 0 Å². The van der Waals surface area contributed by atoms with Crippen molar-refractivity contribution in [1.82, 2.24) is 5.32 Å². The van der Waals surface area contributed by atoms with Gasteiger partial charge in [0, 0.05) is 27.6 Å². The van der Waals surface area contributed by atoms with Crippen molar-refractivity contribution in [3.63, 3.8) is 0 Å². The molecule has 0 aliphatic rings. The summed E-state index contributed by atoms with van der Waals surface area (Å²) in [5, 5.41) is 4.26. The van der Waals surface area contributed by atoms with E-state index in [-0.39, 0.29) is 12.5 Å². The highest BCUT2D eigenvalue weighted by atomic mass is 35.5. The summed E-state index contributed by atoms with van der Waals surface area (Å²) in [4.78, 5) is 23.9. The fourth-order valence-electron chi connectivity index (χ4n) is 1.92. The van der Waals surface area contributed by atoms with Crippen molar-refractivity contribution in [2.24, 2.45) is 0 Å². The zero-order valence-corrected chi connectivity index (χ0v) is 14.4. The number of hydrogen-bond donors (Lipinski definition) is 1. The lowest BCUT2D eigenvalue weighted by Gasteiger charge is -2.03. The lowest BCUT2D eigenvalue weighted by Crippen LogP contribution is -2.29. The third-order valence-electron chi connectivity index (χ3n) is 3.13. The fraction of sp³-hybridized carbons (Fsp3) is 0.294. The van der Waals surface area contributed by atoms with Crippen molar-refractivity contribution < 1.29 is 14.3 Å². The van der Waals surface area contributed by atoms with Gasteiger partial charge in [-0.05, 0) is 18.6 Å². The van der Waals surface area contributed by atoms with E-state index in [9.17, 15) is 9.59 Å². The number of amides is 1. The normalized spacial score (nSPS) is 11.0. The summed E-state index contributed by atoms with van der Waals surface area (Å²) in [5.74, 6) is -0.857. The Balaban J connectivity index is 1.88. The standard InChI is InChI=1S/C17H18ClNO3S/c1-2-3-10-19-15(20)11-22-16(21)9-8-14-17(18)12-6-4-5-7-13(12)23-14/h4-9H,2-3,10-11H2,1H3,(H,19,20)/b9-8+. The van der Waals surface area contributed by atoms with Crippen molar-refractivity contribution >= 4 is 51.0 Å². The predicted octanol–water partition coefficient (Wildman–Crippen LogP) is 4.03. The Labute approximate surface area is 144 Å². The lowest BCUT2D eigenvalue weighted by atomic mass is 10.2. The highest BCUT2D eigenvalue weighted by Gasteiger charge is 2.08. The number of carbonyl (C=O) groups is 2. The molecular formula is C17H18ClNO3S. The van der Waals surface area contributed by atoms with Gasteiger partial charge in [-0.3, -0.25) is 4.79 Å². The van der Waals surface area contributed by atoms with Crippen LogP contribution in [0.15, 0.2) is 30.3 Å². The molecule has 0 bridgehead atoms. The maximum Gasteiger partial charge on any atom is 0.331 e. The number of fused-ring (bicyclic) bond motifs is 1. The second-order valence-corrected chi connectivity index (χ2v) is 6.38. The molecule has 1 heterocycles. The van der Waals surface area contributed by atoms with Crippen LogP contribution in [0.5, 0.6) is 0 Å². The van der Waals surface area contributed by atoms with Crippen LogP contribution in [0.25, 0.3) is 16.2 Å². The van der Waals surface area contributed by atoms with Crippen LogP contribution in [0.1, 0.15) is 24.6 Å². The number of esters is 1. The second kappa shape index (κ2) is 8.70. The predicted molar refractivity (Wildman–Crippen MR) is 94.7 cm³/mol. The molecule has 2 aromatic rings. The Kier molecular flexibility index (Phi) is 6.62. The van der Waals surface area contributed by atoms with E-state index in [1.165, 1.54) is 17.4 Å². The molecular weight excluding hydrogens is 334 g/mol. The van der Waals surface area contributed by atoms with Gasteiger partial charge in [0.2, 0.25) is 0 Å². The molecule has 122 valence electrons. The number of nitrogens with one attached hydrogen (secondary N) is 1. The first kappa shape index (κ1) is 17.5. The Morgan fingerprint density at radius 2 is 2.13 bits per heavy atom. The van der Waals surface area contributed by atoms with Gasteiger partial charge in [0.15, 0.2) is 6.61 Å². The third-order valence-corrected chi connectivity index (χ3v) is 4.78. The van der Waals surface area contributed by atoms with E-state index in [4.69, 9.17) is 16.3 Å². The topological polar surface area (TPSA) is 55.4 Å². The first-order chi connectivity index (χ1) is 11.1. The molecule has 0 atom stereocenters. The van der Waals surface area contributed by atoms with E-state index >= 15 is 0 Å². The summed E-state index contributed by atoms with van der Waals surface area (Å²) in [7, 11) is 0. The van der Waals surface area contributed by atoms with Crippen molar-refractivity contribution in [2.75, 3.05) is 13.2 Å². The number of halogens is 1. The molecule has 1 amide bonds. The molecule has 0 aliphatic heterocycles. The molecule has 0 unspecified atom stereocenters. The monoisotopic (exact) mass is 351 g/mol. The molecule has 0 saturated carbocycles. The fourth-order valence-corrected chi connectivity index (χ4v) is 3.32. The molecule has 0 spiro atoms. The summed E-state index contributed by atoms with van der Waals surface area (Å²) in [6, 6.07) is 7.76. The molecule has 2 rings (SSSR count). The highest BCUT2D eigenvalue weighted by Crippen LogP contribution is 2.35. The molecule has 0 aliphatic carbocycles. The van der Waals surface area contributed by atoms with Crippen LogP contribution >= 0.6 is 22.9 Å². The van der Waals surface area contributed by atoms with E-state index in [0.29, 0.717) is 11.6 Å². The van der Waals surface area contributed by atoms with Crippen molar-refractivity contribution in [3.8, 4) is 0 Å². The van der Waals surface area contributed by atoms with Gasteiger partial charge in [-0.25, -0.2) is 4.79 Å². The first-order valence-electron chi connectivity index (χ1n) is 7.40. The number of hydrogen-bond acceptors (Lipinski definition) is 4. The Morgan fingerprint density at radius 1 is 1.35 bits per heavy atom. The zero-order chi connectivity index (χ0) is 16.7. The van der Waals surface area contributed by atoms with Crippen LogP contribution < -0.4 is 5.32 Å². The van der Waals surface area contributed by atoms with E-state index in [1.807, 2.05) is 31.2 Å². The van der Waals surface area contributed by atoms with Crippen LogP contribution in [0.4, 0.5) is 0 Å². The van der Waals surface area contributed by atoms with Crippen molar-refractivity contribution in [2.45, 2.75) is 19.8 Å². The SMILES string of the molecule is CCCCNC(=O)COC(=O)/C=C/c1sc2ccccc2c1Cl. The smallest absolute Gasteiger partial charge is 0.331 e. The van der Waals surface area contributed by atoms with Crippen molar-refractivity contribution in [1.29, 1.82) is 0 Å². The molecule has 1 N–H and O–H groups in total. The Morgan fingerprint density at radius 3 is 2.87 bits per heavy atom. The average Bonchev–Trinajstić information content (AvgIpc) is 2.88. The molecule has 4 nitrogen and oxygen atoms in total. The van der Waals surface area contributed by atoms with Gasteiger partial charge in [0.1, 0.15) is 0 Å². The van der Waals surface area contributed by atoms with E-state index in [2.05, 4.69) is 5.32 Å². The molecule has 0 radical (unpaired) electrons. The van der Waals surface area contributed by atoms with Gasteiger partial charge in [0.05, 0.1) is 5.02 Å². The van der Waals surface area contributed by atoms with Crippen LogP contribution in [0.2, 0.25) is 5.02 Å². The molecule has 0 fully saturated rings. The highest BCUT2D eigenvalue weighted by molar-refractivity contribution is 7.20. The van der Waals surface area contributed by atoms with Crippen LogP contribution in [0.3, 0.4) is 0 Å². The van der Waals surface area contributed by atoms with Gasteiger partial charge in [-0.15, -0.1) is 11.3 Å². The summed E-state index contributed by atoms with van der Waals surface area (Å²) < 4.78 is 5.95. The Hall–Kier alpha value is -1.85. The van der Waals surface area contributed by atoms with E-state index < -0.39 is 5.97 Å². The Bertz CT molecular complexity index is 724. The molecule has 1 aromatic carbocycles. The minimum atomic E-state index is -0.566. The van der Waals surface area contributed by atoms with Gasteiger partial charge in [-0.2, -0.15) is 0 Å². The molecule has 23 heavy (non-hydrogen) atoms. The van der Waals surface area contributed by atoms with E-state index in [1.54, 1.807) is 6.08 Å². The maximum absolute atomic E-state index is 11.6. The summed E-state index contributed by atoms with van der Waals surface area (Å²) in [5.41, 5.74) is 0.